The zero-order chi connectivity index (χ0) is 43.8. The Kier molecular flexibility index (Phi) is 10.5. The molecule has 0 saturated carbocycles. The van der Waals surface area contributed by atoms with E-state index in [0.717, 1.165) is 91.3 Å². The number of carboxylic acid groups (broad SMARTS) is 1. The van der Waals surface area contributed by atoms with E-state index in [2.05, 4.69) is 62.9 Å². The number of H-pyrrole nitrogens is 2. The number of carbonyl (C=O) groups excluding carboxylic acids is 1. The molecule has 2 unspecified atom stereocenters. The SMILES string of the molecule is Cc1ncc2c(n1)-c1[nH]c3ccc(C(=O)NC4CCS(=O)(=O)C4)cc3c1C(C)(C)C2.Cc1ncc2c(n1)-c1[nH]c3ccc(C(=O)O)cc3c1C(C)(C)C2.NC1CCS(=O)(=O)C1. The molecule has 4 aromatic heterocycles. The van der Waals surface area contributed by atoms with E-state index < -0.39 is 25.6 Å². The summed E-state index contributed by atoms with van der Waals surface area (Å²) in [6.45, 7) is 12.5. The summed E-state index contributed by atoms with van der Waals surface area (Å²) in [5.41, 5.74) is 16.2. The first-order valence-corrected chi connectivity index (χ1v) is 23.9. The molecule has 2 fully saturated rings. The number of rotatable bonds is 3. The number of nitrogens with zero attached hydrogens (tertiary/aromatic N) is 4. The first kappa shape index (κ1) is 42.2. The molecular weight excluding hydrogens is 817 g/mol. The summed E-state index contributed by atoms with van der Waals surface area (Å²) in [7, 11) is -5.76. The highest BCUT2D eigenvalue weighted by molar-refractivity contribution is 7.91. The predicted octanol–water partition coefficient (Wildman–Crippen LogP) is 5.28. The molecule has 1 amide bonds. The molecule has 2 aliphatic carbocycles. The summed E-state index contributed by atoms with van der Waals surface area (Å²) in [6.07, 6.45) is 6.57. The molecule has 10 rings (SSSR count). The van der Waals surface area contributed by atoms with Crippen LogP contribution in [0.4, 0.5) is 0 Å². The van der Waals surface area contributed by atoms with Gasteiger partial charge in [0.2, 0.25) is 0 Å². The van der Waals surface area contributed by atoms with E-state index in [0.29, 0.717) is 24.0 Å². The van der Waals surface area contributed by atoms with Crippen molar-refractivity contribution in [2.75, 3.05) is 23.0 Å². The second kappa shape index (κ2) is 15.1. The second-order valence-electron chi connectivity index (χ2n) is 18.0. The largest absolute Gasteiger partial charge is 0.478 e. The first-order chi connectivity index (χ1) is 28.6. The average Bonchev–Trinajstić information content (AvgIpc) is 3.94. The molecule has 0 bridgehead atoms. The van der Waals surface area contributed by atoms with Crippen LogP contribution in [0, 0.1) is 13.8 Å². The molecule has 61 heavy (non-hydrogen) atoms. The van der Waals surface area contributed by atoms with Crippen molar-refractivity contribution >= 4 is 53.4 Å². The number of hydrogen-bond acceptors (Lipinski definition) is 11. The molecule has 6 heterocycles. The number of hydrogen-bond donors (Lipinski definition) is 5. The van der Waals surface area contributed by atoms with Gasteiger partial charge in [-0.25, -0.2) is 41.6 Å². The van der Waals surface area contributed by atoms with Gasteiger partial charge in [0.25, 0.3) is 5.91 Å². The van der Waals surface area contributed by atoms with Crippen LogP contribution in [0.3, 0.4) is 0 Å². The number of sulfone groups is 2. The lowest BCUT2D eigenvalue weighted by Crippen LogP contribution is -2.35. The van der Waals surface area contributed by atoms with Gasteiger partial charge < -0.3 is 26.1 Å². The molecule has 4 aliphatic rings. The minimum Gasteiger partial charge on any atom is -0.478 e. The lowest BCUT2D eigenvalue weighted by atomic mass is 9.73. The third-order valence-corrected chi connectivity index (χ3v) is 15.6. The maximum Gasteiger partial charge on any atom is 0.335 e. The van der Waals surface area contributed by atoms with Gasteiger partial charge in [0.05, 0.1) is 51.4 Å². The Balaban J connectivity index is 0.000000146. The van der Waals surface area contributed by atoms with Crippen LogP contribution in [0.2, 0.25) is 0 Å². The Morgan fingerprint density at radius 1 is 0.738 bits per heavy atom. The lowest BCUT2D eigenvalue weighted by molar-refractivity contribution is 0.0696. The predicted molar refractivity (Wildman–Crippen MR) is 234 cm³/mol. The number of aromatic nitrogens is 6. The number of aromatic amines is 2. The Morgan fingerprint density at radius 2 is 1.21 bits per heavy atom. The van der Waals surface area contributed by atoms with E-state index in [4.69, 9.17) is 5.73 Å². The van der Waals surface area contributed by atoms with E-state index in [-0.39, 0.29) is 51.8 Å². The molecule has 2 aromatic carbocycles. The van der Waals surface area contributed by atoms with Crippen LogP contribution in [0.15, 0.2) is 48.8 Å². The number of benzene rings is 2. The maximum atomic E-state index is 12.8. The Bertz CT molecular complexity index is 3010. The minimum absolute atomic E-state index is 0.0173. The zero-order valence-electron chi connectivity index (χ0n) is 35.0. The number of fused-ring (bicyclic) bond motifs is 10. The fourth-order valence-corrected chi connectivity index (χ4v) is 12.6. The number of carboxylic acids is 1. The summed E-state index contributed by atoms with van der Waals surface area (Å²) in [5, 5.41) is 14.1. The number of carbonyl (C=O) groups is 2. The summed E-state index contributed by atoms with van der Waals surface area (Å²) >= 11 is 0. The molecule has 0 spiro atoms. The van der Waals surface area contributed by atoms with Gasteiger partial charge in [0.1, 0.15) is 11.6 Å². The number of aryl methyl sites for hydroxylation is 2. The Morgan fingerprint density at radius 3 is 1.64 bits per heavy atom. The van der Waals surface area contributed by atoms with Crippen LogP contribution >= 0.6 is 0 Å². The molecule has 17 heteroatoms. The minimum atomic E-state index is -3.04. The molecule has 2 aliphatic heterocycles. The lowest BCUT2D eigenvalue weighted by Gasteiger charge is -2.31. The average molecular weight is 867 g/mol. The van der Waals surface area contributed by atoms with E-state index >= 15 is 0 Å². The Labute approximate surface area is 354 Å². The van der Waals surface area contributed by atoms with Crippen molar-refractivity contribution in [3.63, 3.8) is 0 Å². The zero-order valence-corrected chi connectivity index (χ0v) is 36.6. The summed E-state index contributed by atoms with van der Waals surface area (Å²) in [4.78, 5) is 49.0. The van der Waals surface area contributed by atoms with Crippen molar-refractivity contribution < 1.29 is 31.5 Å². The van der Waals surface area contributed by atoms with Gasteiger partial charge in [-0.15, -0.1) is 0 Å². The van der Waals surface area contributed by atoms with Gasteiger partial charge in [-0.2, -0.15) is 0 Å². The highest BCUT2D eigenvalue weighted by Gasteiger charge is 2.37. The summed E-state index contributed by atoms with van der Waals surface area (Å²) in [6, 6.07) is 10.4. The quantitative estimate of drug-likeness (QED) is 0.153. The highest BCUT2D eigenvalue weighted by Crippen LogP contribution is 2.47. The van der Waals surface area contributed by atoms with Crippen LogP contribution in [0.1, 0.15) is 95.2 Å². The van der Waals surface area contributed by atoms with Gasteiger partial charge in [-0.05, 0) is 109 Å². The van der Waals surface area contributed by atoms with Crippen molar-refractivity contribution in [2.24, 2.45) is 5.73 Å². The van der Waals surface area contributed by atoms with E-state index in [1.807, 2.05) is 44.4 Å². The molecule has 6 N–H and O–H groups in total. The summed E-state index contributed by atoms with van der Waals surface area (Å²) in [5.74, 6) is 0.945. The third-order valence-electron chi connectivity index (χ3n) is 12.0. The van der Waals surface area contributed by atoms with Crippen LogP contribution in [-0.2, 0) is 43.3 Å². The summed E-state index contributed by atoms with van der Waals surface area (Å²) < 4.78 is 44.5. The van der Waals surface area contributed by atoms with Gasteiger partial charge in [-0.3, -0.25) is 4.79 Å². The van der Waals surface area contributed by atoms with Crippen molar-refractivity contribution in [3.8, 4) is 22.8 Å². The number of aromatic carboxylic acids is 1. The van der Waals surface area contributed by atoms with Crippen LogP contribution < -0.4 is 11.1 Å². The molecular formula is C44H50N8O7S2. The van der Waals surface area contributed by atoms with Crippen molar-refractivity contribution in [1.29, 1.82) is 0 Å². The van der Waals surface area contributed by atoms with Crippen LogP contribution in [-0.4, -0.2) is 98.8 Å². The van der Waals surface area contributed by atoms with Crippen molar-refractivity contribution in [3.05, 3.63) is 93.8 Å². The first-order valence-electron chi connectivity index (χ1n) is 20.3. The molecule has 2 atom stereocenters. The number of nitrogens with one attached hydrogen (secondary N) is 3. The normalized spacial score (nSPS) is 20.8. The Hall–Kier alpha value is -5.52. The van der Waals surface area contributed by atoms with Crippen molar-refractivity contribution in [1.82, 2.24) is 35.2 Å². The van der Waals surface area contributed by atoms with E-state index in [9.17, 15) is 31.5 Å². The van der Waals surface area contributed by atoms with Gasteiger partial charge in [0, 0.05) is 51.8 Å². The molecule has 15 nitrogen and oxygen atoms in total. The van der Waals surface area contributed by atoms with Crippen LogP contribution in [0.25, 0.3) is 44.6 Å². The molecule has 0 radical (unpaired) electrons. The smallest absolute Gasteiger partial charge is 0.335 e. The standard InChI is InChI=1S/C22H24N4O3S.C18H17N3O2.C4H9NO2S/c1-12-23-10-14-9-22(2,3)18-16-8-13(4-5-17(16)26-20(18)19(14)24-12)21(27)25-15-6-7-30(28,29)11-15;1-9-19-8-11-7-18(2,3)14-12-6-10(17(22)23)4-5-13(12)21-16(14)15(11)20-9;5-4-1-2-8(6,7)3-4/h4-5,8,10,15,26H,6-7,9,11H2,1-3H3,(H,25,27);4-6,8,21H,7H2,1-3H3,(H,22,23);4H,1-3,5H2. The highest BCUT2D eigenvalue weighted by atomic mass is 32.2. The number of nitrogens with two attached hydrogens (primary N) is 1. The monoisotopic (exact) mass is 866 g/mol. The fraction of sp³-hybridized carbons (Fsp3) is 0.409. The molecule has 6 aromatic rings. The van der Waals surface area contributed by atoms with Crippen molar-refractivity contribution in [2.45, 2.75) is 90.1 Å². The van der Waals surface area contributed by atoms with Gasteiger partial charge in [0.15, 0.2) is 19.7 Å². The molecule has 320 valence electrons. The number of amides is 1. The molecule has 2 saturated heterocycles. The van der Waals surface area contributed by atoms with E-state index in [1.165, 1.54) is 0 Å². The second-order valence-corrected chi connectivity index (χ2v) is 22.5. The van der Waals surface area contributed by atoms with E-state index in [1.54, 1.807) is 18.2 Å². The topological polar surface area (TPSA) is 244 Å². The maximum absolute atomic E-state index is 12.8. The van der Waals surface area contributed by atoms with Crippen LogP contribution in [0.5, 0.6) is 0 Å². The van der Waals surface area contributed by atoms with Gasteiger partial charge >= 0.3 is 5.97 Å². The fourth-order valence-electron chi connectivity index (χ4n) is 9.23. The third kappa shape index (κ3) is 8.30. The van der Waals surface area contributed by atoms with Gasteiger partial charge in [-0.1, -0.05) is 27.7 Å².